The number of nitrogens with zero attached hydrogens (tertiary/aromatic N) is 2. The molecule has 0 aliphatic carbocycles. The highest BCUT2D eigenvalue weighted by Gasteiger charge is 2.14. The van der Waals surface area contributed by atoms with Crippen molar-refractivity contribution in [2.75, 3.05) is 20.1 Å². The van der Waals surface area contributed by atoms with E-state index in [0.717, 1.165) is 12.1 Å². The minimum absolute atomic E-state index is 0.334. The molecule has 3 N–H and O–H groups in total. The van der Waals surface area contributed by atoms with Gasteiger partial charge in [0.2, 0.25) is 0 Å². The monoisotopic (exact) mass is 282 g/mol. The molecule has 0 saturated carbocycles. The molecular formula is C13H16ClFN4. The van der Waals surface area contributed by atoms with Crippen LogP contribution in [-0.2, 0) is 6.54 Å². The Morgan fingerprint density at radius 2 is 2.26 bits per heavy atom. The predicted octanol–water partition coefficient (Wildman–Crippen LogP) is 2.26. The lowest BCUT2D eigenvalue weighted by Crippen LogP contribution is -2.25. The van der Waals surface area contributed by atoms with E-state index < -0.39 is 0 Å². The molecule has 2 rings (SSSR count). The molecule has 102 valence electrons. The van der Waals surface area contributed by atoms with Crippen molar-refractivity contribution < 1.29 is 4.39 Å². The summed E-state index contributed by atoms with van der Waals surface area (Å²) in [6.07, 6.45) is 1.77. The van der Waals surface area contributed by atoms with Crippen LogP contribution in [-0.4, -0.2) is 35.2 Å². The van der Waals surface area contributed by atoms with Crippen LogP contribution in [0.1, 0.15) is 5.56 Å². The van der Waals surface area contributed by atoms with Crippen molar-refractivity contribution in [3.8, 4) is 11.3 Å². The second kappa shape index (κ2) is 6.14. The number of aromatic nitrogens is 2. The zero-order chi connectivity index (χ0) is 13.8. The molecule has 0 radical (unpaired) electrons. The molecule has 0 saturated heterocycles. The summed E-state index contributed by atoms with van der Waals surface area (Å²) in [5.41, 5.74) is 7.42. The van der Waals surface area contributed by atoms with Gasteiger partial charge in [-0.2, -0.15) is 5.10 Å². The third-order valence-corrected chi connectivity index (χ3v) is 3.09. The van der Waals surface area contributed by atoms with Gasteiger partial charge in [0.05, 0.1) is 5.69 Å². The summed E-state index contributed by atoms with van der Waals surface area (Å²) < 4.78 is 13.9. The Balaban J connectivity index is 2.31. The second-order valence-electron chi connectivity index (χ2n) is 4.41. The van der Waals surface area contributed by atoms with Crippen LogP contribution in [0.4, 0.5) is 4.39 Å². The van der Waals surface area contributed by atoms with E-state index >= 15 is 0 Å². The van der Waals surface area contributed by atoms with E-state index in [1.165, 1.54) is 12.1 Å². The first-order chi connectivity index (χ1) is 9.11. The quantitative estimate of drug-likeness (QED) is 0.884. The average Bonchev–Trinajstić information content (AvgIpc) is 2.80. The number of hydrogen-bond donors (Lipinski definition) is 2. The average molecular weight is 283 g/mol. The summed E-state index contributed by atoms with van der Waals surface area (Å²) in [7, 11) is 1.96. The summed E-state index contributed by atoms with van der Waals surface area (Å²) in [6, 6.07) is 4.45. The molecule has 0 bridgehead atoms. The van der Waals surface area contributed by atoms with Gasteiger partial charge in [0.15, 0.2) is 0 Å². The van der Waals surface area contributed by atoms with Crippen molar-refractivity contribution in [2.45, 2.75) is 6.54 Å². The van der Waals surface area contributed by atoms with E-state index in [0.29, 0.717) is 29.4 Å². The van der Waals surface area contributed by atoms with E-state index in [-0.39, 0.29) is 5.82 Å². The first kappa shape index (κ1) is 14.0. The molecular weight excluding hydrogens is 267 g/mol. The highest BCUT2D eigenvalue weighted by atomic mass is 35.5. The fourth-order valence-electron chi connectivity index (χ4n) is 1.94. The number of halogens is 2. The third kappa shape index (κ3) is 3.32. The summed E-state index contributed by atoms with van der Waals surface area (Å²) in [6.45, 7) is 1.99. The maximum atomic E-state index is 13.9. The zero-order valence-corrected chi connectivity index (χ0v) is 11.4. The highest BCUT2D eigenvalue weighted by molar-refractivity contribution is 6.30. The summed E-state index contributed by atoms with van der Waals surface area (Å²) in [5.74, 6) is -0.334. The lowest BCUT2D eigenvalue weighted by atomic mass is 10.1. The number of H-pyrrole nitrogens is 1. The van der Waals surface area contributed by atoms with Crippen LogP contribution in [0.25, 0.3) is 11.3 Å². The molecule has 0 fully saturated rings. The molecule has 6 heteroatoms. The number of aromatic amines is 1. The van der Waals surface area contributed by atoms with E-state index in [1.807, 2.05) is 7.05 Å². The molecule has 1 aromatic carbocycles. The summed E-state index contributed by atoms with van der Waals surface area (Å²) in [4.78, 5) is 2.05. The maximum absolute atomic E-state index is 13.9. The van der Waals surface area contributed by atoms with Gasteiger partial charge < -0.3 is 10.6 Å². The van der Waals surface area contributed by atoms with Crippen LogP contribution in [0.5, 0.6) is 0 Å². The predicted molar refractivity (Wildman–Crippen MR) is 74.4 cm³/mol. The largest absolute Gasteiger partial charge is 0.329 e. The SMILES string of the molecule is CN(CCN)Cc1c[nH]nc1-c1cc(Cl)ccc1F. The summed E-state index contributed by atoms with van der Waals surface area (Å²) in [5, 5.41) is 7.38. The first-order valence-corrected chi connectivity index (χ1v) is 6.36. The second-order valence-corrected chi connectivity index (χ2v) is 4.85. The minimum atomic E-state index is -0.334. The number of benzene rings is 1. The molecule has 1 aromatic heterocycles. The van der Waals surface area contributed by atoms with Crippen molar-refractivity contribution in [1.82, 2.24) is 15.1 Å². The van der Waals surface area contributed by atoms with Gasteiger partial charge in [-0.15, -0.1) is 0 Å². The molecule has 19 heavy (non-hydrogen) atoms. The van der Waals surface area contributed by atoms with Crippen LogP contribution in [0.2, 0.25) is 5.02 Å². The van der Waals surface area contributed by atoms with E-state index in [2.05, 4.69) is 15.1 Å². The highest BCUT2D eigenvalue weighted by Crippen LogP contribution is 2.27. The minimum Gasteiger partial charge on any atom is -0.329 e. The first-order valence-electron chi connectivity index (χ1n) is 5.98. The van der Waals surface area contributed by atoms with Gasteiger partial charge in [-0.25, -0.2) is 4.39 Å². The van der Waals surface area contributed by atoms with Crippen molar-refractivity contribution in [3.05, 3.63) is 40.8 Å². The van der Waals surface area contributed by atoms with Crippen molar-refractivity contribution in [1.29, 1.82) is 0 Å². The standard InChI is InChI=1S/C13H16ClFN4/c1-19(5-4-16)8-9-7-17-18-13(9)11-6-10(14)2-3-12(11)15/h2-3,6-7H,4-5,8,16H2,1H3,(H,17,18). The third-order valence-electron chi connectivity index (χ3n) is 2.85. The Labute approximate surface area is 116 Å². The Kier molecular flexibility index (Phi) is 4.52. The smallest absolute Gasteiger partial charge is 0.132 e. The Morgan fingerprint density at radius 3 is 3.00 bits per heavy atom. The normalized spacial score (nSPS) is 11.2. The zero-order valence-electron chi connectivity index (χ0n) is 10.7. The molecule has 2 aromatic rings. The van der Waals surface area contributed by atoms with Gasteiger partial charge in [-0.1, -0.05) is 11.6 Å². The molecule has 0 aliphatic rings. The van der Waals surface area contributed by atoms with Gasteiger partial charge >= 0.3 is 0 Å². The van der Waals surface area contributed by atoms with E-state index in [9.17, 15) is 4.39 Å². The van der Waals surface area contributed by atoms with Crippen LogP contribution >= 0.6 is 11.6 Å². The van der Waals surface area contributed by atoms with Gasteiger partial charge in [0, 0.05) is 42.0 Å². The number of rotatable bonds is 5. The lowest BCUT2D eigenvalue weighted by molar-refractivity contribution is 0.337. The number of nitrogens with two attached hydrogens (primary N) is 1. The van der Waals surface area contributed by atoms with Crippen LogP contribution < -0.4 is 5.73 Å². The topological polar surface area (TPSA) is 57.9 Å². The van der Waals surface area contributed by atoms with Crippen molar-refractivity contribution >= 4 is 11.6 Å². The lowest BCUT2D eigenvalue weighted by Gasteiger charge is -2.15. The Bertz CT molecular complexity index is 555. The molecule has 0 amide bonds. The van der Waals surface area contributed by atoms with Crippen molar-refractivity contribution in [2.24, 2.45) is 5.73 Å². The molecule has 0 unspecified atom stereocenters. The van der Waals surface area contributed by atoms with Crippen molar-refractivity contribution in [3.63, 3.8) is 0 Å². The maximum Gasteiger partial charge on any atom is 0.132 e. The molecule has 0 spiro atoms. The van der Waals surface area contributed by atoms with Crippen LogP contribution in [0.3, 0.4) is 0 Å². The molecule has 0 aliphatic heterocycles. The van der Waals surface area contributed by atoms with Crippen LogP contribution in [0.15, 0.2) is 24.4 Å². The van der Waals surface area contributed by atoms with E-state index in [4.69, 9.17) is 17.3 Å². The Morgan fingerprint density at radius 1 is 1.47 bits per heavy atom. The van der Waals surface area contributed by atoms with Gasteiger partial charge in [-0.3, -0.25) is 5.10 Å². The molecule has 4 nitrogen and oxygen atoms in total. The van der Waals surface area contributed by atoms with Gasteiger partial charge in [0.25, 0.3) is 0 Å². The number of likely N-dealkylation sites (N-methyl/N-ethyl adjacent to an activating group) is 1. The number of nitrogens with one attached hydrogen (secondary N) is 1. The molecule has 0 atom stereocenters. The van der Waals surface area contributed by atoms with Crippen LogP contribution in [0, 0.1) is 5.82 Å². The van der Waals surface area contributed by atoms with Gasteiger partial charge in [0.1, 0.15) is 5.82 Å². The molecule has 1 heterocycles. The fraction of sp³-hybridized carbons (Fsp3) is 0.308. The fourth-order valence-corrected chi connectivity index (χ4v) is 2.11. The van der Waals surface area contributed by atoms with Gasteiger partial charge in [-0.05, 0) is 25.2 Å². The van der Waals surface area contributed by atoms with E-state index in [1.54, 1.807) is 12.3 Å². The number of hydrogen-bond acceptors (Lipinski definition) is 3. The Hall–Kier alpha value is -1.43. The summed E-state index contributed by atoms with van der Waals surface area (Å²) >= 11 is 5.91.